The van der Waals surface area contributed by atoms with Gasteiger partial charge >= 0.3 is 6.18 Å². The number of Topliss-reactive ketones (excluding diaryl/α,β-unsaturated/α-hetero) is 1. The molecule has 12 heteroatoms. The molecule has 1 aromatic carbocycles. The first kappa shape index (κ1) is 29.8. The molecule has 0 spiro atoms. The zero-order valence-electron chi connectivity index (χ0n) is 23.4. The number of sulfone groups is 1. The molecule has 3 heterocycles. The van der Waals surface area contributed by atoms with Crippen molar-refractivity contribution in [3.8, 4) is 27.1 Å². The fourth-order valence-corrected chi connectivity index (χ4v) is 8.53. The molecule has 2 atom stereocenters. The van der Waals surface area contributed by atoms with E-state index in [2.05, 4.69) is 11.1 Å². The summed E-state index contributed by atoms with van der Waals surface area (Å²) in [7, 11) is -3.02. The molecule has 1 saturated heterocycles. The Morgan fingerprint density at radius 1 is 1.07 bits per heavy atom. The van der Waals surface area contributed by atoms with Gasteiger partial charge in [-0.25, -0.2) is 13.4 Å². The first-order valence-electron chi connectivity index (χ1n) is 14.5. The van der Waals surface area contributed by atoms with E-state index in [4.69, 9.17) is 4.98 Å². The number of thiazole rings is 1. The first-order valence-corrected chi connectivity index (χ1v) is 17.1. The SMILES string of the molecule is N#CC1(CC(=O)[C@@H]2CCCC[C@H]2c2nc(-c3cncc(C(F)(F)F)c3)sc2-c2ccc(N3CCS(=O)(=O)CC3)cc2)CC1. The number of nitrogens with zero attached hydrogens (tertiary/aromatic N) is 4. The van der Waals surface area contributed by atoms with E-state index < -0.39 is 27.0 Å². The lowest BCUT2D eigenvalue weighted by Crippen LogP contribution is -2.40. The largest absolute Gasteiger partial charge is 0.417 e. The number of benzene rings is 1. The molecule has 7 nitrogen and oxygen atoms in total. The molecular weight excluding hydrogens is 597 g/mol. The maximum Gasteiger partial charge on any atom is 0.417 e. The van der Waals surface area contributed by atoms with Crippen LogP contribution in [0.2, 0.25) is 0 Å². The van der Waals surface area contributed by atoms with Crippen molar-refractivity contribution >= 4 is 32.6 Å². The summed E-state index contributed by atoms with van der Waals surface area (Å²) < 4.78 is 64.3. The normalized spacial score (nSPS) is 23.0. The van der Waals surface area contributed by atoms with Gasteiger partial charge in [0.25, 0.3) is 0 Å². The number of halogens is 3. The monoisotopic (exact) mass is 628 g/mol. The number of carbonyl (C=O) groups is 1. The van der Waals surface area contributed by atoms with Gasteiger partial charge < -0.3 is 4.90 Å². The Balaban J connectivity index is 1.37. The topological polar surface area (TPSA) is 104 Å². The van der Waals surface area contributed by atoms with Crippen LogP contribution in [0.3, 0.4) is 0 Å². The molecule has 6 rings (SSSR count). The lowest BCUT2D eigenvalue weighted by atomic mass is 9.73. The average molecular weight is 629 g/mol. The van der Waals surface area contributed by atoms with Gasteiger partial charge in [0.2, 0.25) is 0 Å². The Bertz CT molecular complexity index is 1660. The molecule has 2 saturated carbocycles. The van der Waals surface area contributed by atoms with Crippen LogP contribution in [0.4, 0.5) is 18.9 Å². The van der Waals surface area contributed by atoms with Crippen molar-refractivity contribution in [3.63, 3.8) is 0 Å². The minimum Gasteiger partial charge on any atom is -0.369 e. The molecule has 226 valence electrons. The summed E-state index contributed by atoms with van der Waals surface area (Å²) in [6.07, 6.45) is 2.55. The highest BCUT2D eigenvalue weighted by molar-refractivity contribution is 7.91. The summed E-state index contributed by atoms with van der Waals surface area (Å²) in [5, 5.41) is 10.0. The summed E-state index contributed by atoms with van der Waals surface area (Å²) >= 11 is 1.29. The van der Waals surface area contributed by atoms with E-state index in [1.165, 1.54) is 17.5 Å². The van der Waals surface area contributed by atoms with Gasteiger partial charge in [-0.05, 0) is 49.4 Å². The zero-order chi connectivity index (χ0) is 30.4. The van der Waals surface area contributed by atoms with E-state index in [1.807, 2.05) is 29.2 Å². The Morgan fingerprint density at radius 3 is 2.42 bits per heavy atom. The quantitative estimate of drug-likeness (QED) is 0.288. The van der Waals surface area contributed by atoms with Crippen LogP contribution < -0.4 is 4.90 Å². The summed E-state index contributed by atoms with van der Waals surface area (Å²) in [6.45, 7) is 0.826. The standard InChI is InChI=1S/C31H31F3N4O3S2/c32-31(33,34)22-15-21(17-36-18-22)29-37-27(25-4-2-1-3-24(25)26(39)16-30(19-35)9-10-30)28(42-29)20-5-7-23(8-6-20)38-11-13-43(40,41)14-12-38/h5-8,15,17-18,24-25H,1-4,9-14,16H2/t24-,25-/m1/s1. The lowest BCUT2D eigenvalue weighted by molar-refractivity contribution is -0.137. The molecule has 0 amide bonds. The van der Waals surface area contributed by atoms with Crippen LogP contribution in [0.15, 0.2) is 42.7 Å². The molecule has 0 N–H and O–H groups in total. The third-order valence-electron chi connectivity index (χ3n) is 8.94. The predicted octanol–water partition coefficient (Wildman–Crippen LogP) is 6.66. The number of hydrogen-bond donors (Lipinski definition) is 0. The Kier molecular flexibility index (Phi) is 7.84. The van der Waals surface area contributed by atoms with Gasteiger partial charge in [-0.3, -0.25) is 9.78 Å². The molecule has 0 bridgehead atoms. The summed E-state index contributed by atoms with van der Waals surface area (Å²) in [5.74, 6) is -0.233. The highest BCUT2D eigenvalue weighted by atomic mass is 32.2. The van der Waals surface area contributed by atoms with E-state index >= 15 is 0 Å². The predicted molar refractivity (Wildman–Crippen MR) is 158 cm³/mol. The maximum atomic E-state index is 13.6. The van der Waals surface area contributed by atoms with Crippen molar-refractivity contribution in [1.82, 2.24) is 9.97 Å². The van der Waals surface area contributed by atoms with Gasteiger partial charge in [-0.1, -0.05) is 25.0 Å². The molecule has 43 heavy (non-hydrogen) atoms. The molecule has 2 aliphatic carbocycles. The average Bonchev–Trinajstić information content (AvgIpc) is 3.63. The van der Waals surface area contributed by atoms with Crippen LogP contribution >= 0.6 is 11.3 Å². The summed E-state index contributed by atoms with van der Waals surface area (Å²) in [4.78, 5) is 25.2. The molecule has 1 aliphatic heterocycles. The minimum absolute atomic E-state index is 0.0698. The van der Waals surface area contributed by atoms with Crippen molar-refractivity contribution in [2.24, 2.45) is 11.3 Å². The van der Waals surface area contributed by atoms with E-state index in [-0.39, 0.29) is 41.1 Å². The summed E-state index contributed by atoms with van der Waals surface area (Å²) in [6, 6.07) is 11.1. The van der Waals surface area contributed by atoms with Gasteiger partial charge in [0.15, 0.2) is 9.84 Å². The second-order valence-corrected chi connectivity index (χ2v) is 15.2. The molecular formula is C31H31F3N4O3S2. The molecule has 0 unspecified atom stereocenters. The molecule has 2 aromatic heterocycles. The lowest BCUT2D eigenvalue weighted by Gasteiger charge is -2.31. The minimum atomic E-state index is -4.55. The van der Waals surface area contributed by atoms with Gasteiger partial charge in [-0.2, -0.15) is 18.4 Å². The Hall–Kier alpha value is -3.30. The number of alkyl halides is 3. The number of pyridine rings is 1. The van der Waals surface area contributed by atoms with Crippen LogP contribution in [0.1, 0.15) is 62.1 Å². The van der Waals surface area contributed by atoms with E-state index in [0.717, 1.165) is 60.5 Å². The van der Waals surface area contributed by atoms with Gasteiger partial charge in [0, 0.05) is 55.0 Å². The fourth-order valence-electron chi connectivity index (χ4n) is 6.21. The highest BCUT2D eigenvalue weighted by Crippen LogP contribution is 2.52. The Morgan fingerprint density at radius 2 is 1.77 bits per heavy atom. The molecule has 3 fully saturated rings. The van der Waals surface area contributed by atoms with Crippen molar-refractivity contribution in [1.29, 1.82) is 5.26 Å². The van der Waals surface area contributed by atoms with Gasteiger partial charge in [-0.15, -0.1) is 11.3 Å². The van der Waals surface area contributed by atoms with Crippen molar-refractivity contribution < 1.29 is 26.4 Å². The maximum absolute atomic E-state index is 13.6. The number of nitriles is 1. The van der Waals surface area contributed by atoms with Crippen LogP contribution in [0.5, 0.6) is 0 Å². The molecule has 0 radical (unpaired) electrons. The van der Waals surface area contributed by atoms with Crippen molar-refractivity contribution in [3.05, 3.63) is 54.0 Å². The number of rotatable bonds is 7. The van der Waals surface area contributed by atoms with Crippen LogP contribution in [0.25, 0.3) is 21.0 Å². The number of carbonyl (C=O) groups excluding carboxylic acids is 1. The second-order valence-electron chi connectivity index (χ2n) is 11.9. The Labute approximate surface area is 252 Å². The zero-order valence-corrected chi connectivity index (χ0v) is 25.1. The van der Waals surface area contributed by atoms with Gasteiger partial charge in [0.1, 0.15) is 10.8 Å². The van der Waals surface area contributed by atoms with Crippen LogP contribution in [-0.4, -0.2) is 48.8 Å². The second kappa shape index (κ2) is 11.3. The summed E-state index contributed by atoms with van der Waals surface area (Å²) in [5.41, 5.74) is 1.28. The van der Waals surface area contributed by atoms with E-state index in [9.17, 15) is 31.6 Å². The fraction of sp³-hybridized carbons (Fsp3) is 0.484. The van der Waals surface area contributed by atoms with Gasteiger partial charge in [0.05, 0.1) is 39.1 Å². The highest BCUT2D eigenvalue weighted by Gasteiger charge is 2.47. The van der Waals surface area contributed by atoms with Crippen LogP contribution in [0, 0.1) is 22.7 Å². The number of hydrogen-bond acceptors (Lipinski definition) is 8. The number of anilines is 1. The molecule has 3 aromatic rings. The smallest absolute Gasteiger partial charge is 0.369 e. The molecule has 3 aliphatic rings. The third kappa shape index (κ3) is 6.34. The third-order valence-corrected chi connectivity index (χ3v) is 11.7. The van der Waals surface area contributed by atoms with E-state index in [1.54, 1.807) is 0 Å². The van der Waals surface area contributed by atoms with E-state index in [0.29, 0.717) is 30.2 Å². The van der Waals surface area contributed by atoms with Crippen LogP contribution in [-0.2, 0) is 20.8 Å². The van der Waals surface area contributed by atoms with Crippen molar-refractivity contribution in [2.45, 2.75) is 57.0 Å². The first-order chi connectivity index (χ1) is 20.5. The van der Waals surface area contributed by atoms with Crippen molar-refractivity contribution in [2.75, 3.05) is 29.5 Å². The number of ketones is 1. The number of aromatic nitrogens is 2.